The summed E-state index contributed by atoms with van der Waals surface area (Å²) < 4.78 is 0. The van der Waals surface area contributed by atoms with E-state index >= 15 is 0 Å². The van der Waals surface area contributed by atoms with Crippen LogP contribution in [0.5, 0.6) is 0 Å². The first-order valence-electron chi connectivity index (χ1n) is 6.88. The summed E-state index contributed by atoms with van der Waals surface area (Å²) in [5.41, 5.74) is 4.22. The molecule has 0 saturated heterocycles. The minimum atomic E-state index is 0.735. The van der Waals surface area contributed by atoms with Crippen LogP contribution in [0.15, 0.2) is 53.9 Å². The van der Waals surface area contributed by atoms with Gasteiger partial charge in [-0.2, -0.15) is 0 Å². The molecule has 3 aromatic rings. The quantitative estimate of drug-likeness (QED) is 0.706. The van der Waals surface area contributed by atoms with Crippen molar-refractivity contribution in [2.45, 2.75) is 0 Å². The van der Waals surface area contributed by atoms with Crippen molar-refractivity contribution in [2.24, 2.45) is 0 Å². The van der Waals surface area contributed by atoms with Crippen LogP contribution in [0.4, 0.5) is 16.5 Å². The van der Waals surface area contributed by atoms with E-state index in [1.54, 1.807) is 11.3 Å². The number of benzene rings is 2. The average molecular weight is 330 g/mol. The Morgan fingerprint density at radius 2 is 1.68 bits per heavy atom. The molecular formula is C17H16ClN3S. The number of anilines is 3. The molecule has 0 atom stereocenters. The SMILES string of the molecule is CN(C)c1ccc(Nc2nc(-c3ccc(Cl)cc3)cs2)cc1. The van der Waals surface area contributed by atoms with Crippen molar-refractivity contribution in [3.63, 3.8) is 0 Å². The van der Waals surface area contributed by atoms with Gasteiger partial charge in [0.2, 0.25) is 0 Å². The molecule has 3 nitrogen and oxygen atoms in total. The van der Waals surface area contributed by atoms with Gasteiger partial charge in [-0.1, -0.05) is 23.7 Å². The lowest BCUT2D eigenvalue weighted by molar-refractivity contribution is 1.13. The Hall–Kier alpha value is -2.04. The number of hydrogen-bond donors (Lipinski definition) is 1. The van der Waals surface area contributed by atoms with Crippen LogP contribution in [-0.2, 0) is 0 Å². The summed E-state index contributed by atoms with van der Waals surface area (Å²) in [4.78, 5) is 6.69. The molecule has 112 valence electrons. The Kier molecular flexibility index (Phi) is 4.32. The van der Waals surface area contributed by atoms with Crippen LogP contribution in [0.25, 0.3) is 11.3 Å². The third-order valence-electron chi connectivity index (χ3n) is 3.28. The summed E-state index contributed by atoms with van der Waals surface area (Å²) in [6.45, 7) is 0. The molecule has 5 heteroatoms. The number of aromatic nitrogens is 1. The number of nitrogens with zero attached hydrogens (tertiary/aromatic N) is 2. The van der Waals surface area contributed by atoms with Crippen molar-refractivity contribution in [1.29, 1.82) is 0 Å². The fourth-order valence-electron chi connectivity index (χ4n) is 2.05. The number of thiazole rings is 1. The molecule has 0 bridgehead atoms. The van der Waals surface area contributed by atoms with Crippen molar-refractivity contribution < 1.29 is 0 Å². The summed E-state index contributed by atoms with van der Waals surface area (Å²) in [6, 6.07) is 16.0. The Morgan fingerprint density at radius 1 is 1.00 bits per heavy atom. The van der Waals surface area contributed by atoms with Crippen LogP contribution in [-0.4, -0.2) is 19.1 Å². The molecule has 0 aliphatic rings. The van der Waals surface area contributed by atoms with Crippen LogP contribution in [0.3, 0.4) is 0 Å². The second-order valence-corrected chi connectivity index (χ2v) is 6.41. The molecule has 0 fully saturated rings. The Morgan fingerprint density at radius 3 is 2.32 bits per heavy atom. The average Bonchev–Trinajstić information content (AvgIpc) is 2.97. The summed E-state index contributed by atoms with van der Waals surface area (Å²) in [5, 5.41) is 6.99. The molecule has 1 aromatic heterocycles. The fourth-order valence-corrected chi connectivity index (χ4v) is 2.92. The molecule has 0 unspecified atom stereocenters. The van der Waals surface area contributed by atoms with E-state index in [1.807, 2.05) is 43.7 Å². The Balaban J connectivity index is 1.75. The molecule has 0 aliphatic carbocycles. The number of halogens is 1. The van der Waals surface area contributed by atoms with Crippen molar-refractivity contribution in [3.05, 3.63) is 58.9 Å². The predicted molar refractivity (Wildman–Crippen MR) is 96.6 cm³/mol. The molecule has 3 rings (SSSR count). The van der Waals surface area contributed by atoms with Crippen molar-refractivity contribution >= 4 is 39.4 Å². The van der Waals surface area contributed by atoms with E-state index in [1.165, 1.54) is 5.69 Å². The van der Waals surface area contributed by atoms with E-state index in [2.05, 4.69) is 39.5 Å². The predicted octanol–water partition coefficient (Wildman–Crippen LogP) is 5.27. The minimum absolute atomic E-state index is 0.735. The Labute approximate surface area is 139 Å². The summed E-state index contributed by atoms with van der Waals surface area (Å²) >= 11 is 7.50. The first-order valence-corrected chi connectivity index (χ1v) is 8.13. The van der Waals surface area contributed by atoms with Gasteiger partial charge < -0.3 is 10.2 Å². The highest BCUT2D eigenvalue weighted by molar-refractivity contribution is 7.14. The highest BCUT2D eigenvalue weighted by atomic mass is 35.5. The van der Waals surface area contributed by atoms with Gasteiger partial charge >= 0.3 is 0 Å². The normalized spacial score (nSPS) is 10.5. The highest BCUT2D eigenvalue weighted by Crippen LogP contribution is 2.28. The monoisotopic (exact) mass is 329 g/mol. The fraction of sp³-hybridized carbons (Fsp3) is 0.118. The van der Waals surface area contributed by atoms with Gasteiger partial charge in [-0.05, 0) is 36.4 Å². The van der Waals surface area contributed by atoms with Crippen molar-refractivity contribution in [2.75, 3.05) is 24.3 Å². The molecule has 0 radical (unpaired) electrons. The maximum Gasteiger partial charge on any atom is 0.187 e. The maximum atomic E-state index is 5.91. The molecule has 0 saturated carbocycles. The zero-order chi connectivity index (χ0) is 15.5. The van der Waals surface area contributed by atoms with E-state index in [9.17, 15) is 0 Å². The van der Waals surface area contributed by atoms with Crippen molar-refractivity contribution in [1.82, 2.24) is 4.98 Å². The van der Waals surface area contributed by atoms with Gasteiger partial charge in [-0.25, -0.2) is 4.98 Å². The van der Waals surface area contributed by atoms with E-state index in [0.717, 1.165) is 27.1 Å². The molecule has 1 heterocycles. The molecule has 2 aromatic carbocycles. The molecule has 1 N–H and O–H groups in total. The molecular weight excluding hydrogens is 314 g/mol. The third-order valence-corrected chi connectivity index (χ3v) is 4.29. The second kappa shape index (κ2) is 6.38. The number of hydrogen-bond acceptors (Lipinski definition) is 4. The van der Waals surface area contributed by atoms with E-state index < -0.39 is 0 Å². The van der Waals surface area contributed by atoms with Crippen LogP contribution in [0.2, 0.25) is 5.02 Å². The lowest BCUT2D eigenvalue weighted by atomic mass is 10.2. The van der Waals surface area contributed by atoms with E-state index in [-0.39, 0.29) is 0 Å². The smallest absolute Gasteiger partial charge is 0.187 e. The molecule has 0 spiro atoms. The summed E-state index contributed by atoms with van der Waals surface area (Å²) in [6.07, 6.45) is 0. The number of rotatable bonds is 4. The van der Waals surface area contributed by atoms with Crippen LogP contribution in [0, 0.1) is 0 Å². The van der Waals surface area contributed by atoms with Gasteiger partial charge in [-0.15, -0.1) is 11.3 Å². The van der Waals surface area contributed by atoms with Crippen LogP contribution < -0.4 is 10.2 Å². The maximum absolute atomic E-state index is 5.91. The van der Waals surface area contributed by atoms with Gasteiger partial charge in [-0.3, -0.25) is 0 Å². The first kappa shape index (κ1) is 14.9. The minimum Gasteiger partial charge on any atom is -0.378 e. The summed E-state index contributed by atoms with van der Waals surface area (Å²) in [5.74, 6) is 0. The summed E-state index contributed by atoms with van der Waals surface area (Å²) in [7, 11) is 4.06. The number of nitrogens with one attached hydrogen (secondary N) is 1. The zero-order valence-corrected chi connectivity index (χ0v) is 13.9. The Bertz CT molecular complexity index is 748. The molecule has 0 amide bonds. The molecule has 22 heavy (non-hydrogen) atoms. The topological polar surface area (TPSA) is 28.2 Å². The first-order chi connectivity index (χ1) is 10.6. The van der Waals surface area contributed by atoms with Crippen LogP contribution in [0.1, 0.15) is 0 Å². The van der Waals surface area contributed by atoms with E-state index in [0.29, 0.717) is 0 Å². The van der Waals surface area contributed by atoms with Gasteiger partial charge in [0.1, 0.15) is 0 Å². The lowest BCUT2D eigenvalue weighted by Gasteiger charge is -2.12. The highest BCUT2D eigenvalue weighted by Gasteiger charge is 2.05. The van der Waals surface area contributed by atoms with Crippen molar-refractivity contribution in [3.8, 4) is 11.3 Å². The lowest BCUT2D eigenvalue weighted by Crippen LogP contribution is -2.08. The second-order valence-electron chi connectivity index (χ2n) is 5.11. The third kappa shape index (κ3) is 3.40. The van der Waals surface area contributed by atoms with Gasteiger partial charge in [0.15, 0.2) is 5.13 Å². The van der Waals surface area contributed by atoms with Crippen LogP contribution >= 0.6 is 22.9 Å². The largest absolute Gasteiger partial charge is 0.378 e. The molecule has 0 aliphatic heterocycles. The van der Waals surface area contributed by atoms with E-state index in [4.69, 9.17) is 11.6 Å². The van der Waals surface area contributed by atoms with Gasteiger partial charge in [0.25, 0.3) is 0 Å². The zero-order valence-electron chi connectivity index (χ0n) is 12.4. The van der Waals surface area contributed by atoms with Gasteiger partial charge in [0.05, 0.1) is 5.69 Å². The van der Waals surface area contributed by atoms with Gasteiger partial charge in [0, 0.05) is 41.4 Å². The standard InChI is InChI=1S/C17H16ClN3S/c1-21(2)15-9-7-14(8-10-15)19-17-20-16(11-22-17)12-3-5-13(18)6-4-12/h3-11H,1-2H3,(H,19,20).